The van der Waals surface area contributed by atoms with Gasteiger partial charge in [-0.1, -0.05) is 18.2 Å². The second kappa shape index (κ2) is 9.66. The van der Waals surface area contributed by atoms with E-state index in [1.807, 2.05) is 11.0 Å². The average Bonchev–Trinajstić information content (AvgIpc) is 3.19. The summed E-state index contributed by atoms with van der Waals surface area (Å²) in [4.78, 5) is 6.13. The summed E-state index contributed by atoms with van der Waals surface area (Å²) in [7, 11) is 0. The van der Waals surface area contributed by atoms with Gasteiger partial charge < -0.3 is 29.5 Å². The number of aromatic nitrogens is 1. The zero-order chi connectivity index (χ0) is 22.9. The first kappa shape index (κ1) is 23.5. The maximum atomic E-state index is 14.1. The molecule has 0 unspecified atom stereocenters. The van der Waals surface area contributed by atoms with Crippen molar-refractivity contribution < 1.29 is 23.7 Å². The maximum Gasteiger partial charge on any atom is 0.190 e. The van der Waals surface area contributed by atoms with Gasteiger partial charge in [0, 0.05) is 23.8 Å². The zero-order valence-corrected chi connectivity index (χ0v) is 20.1. The summed E-state index contributed by atoms with van der Waals surface area (Å²) in [6.07, 6.45) is -0.592. The number of fused-ring (bicyclic) bond motifs is 1. The molecule has 0 amide bonds. The Bertz CT molecular complexity index is 964. The van der Waals surface area contributed by atoms with E-state index in [2.05, 4.69) is 26.2 Å². The lowest BCUT2D eigenvalue weighted by atomic mass is 10.1. The number of nitrogens with one attached hydrogen (secondary N) is 1. The monoisotopic (exact) mass is 525 g/mol. The Morgan fingerprint density at radius 1 is 1.28 bits per heavy atom. The quantitative estimate of drug-likeness (QED) is 0.555. The highest BCUT2D eigenvalue weighted by Gasteiger charge is 2.54. The molecule has 4 rings (SSSR count). The first-order valence-electron chi connectivity index (χ1n) is 10.3. The number of aliphatic hydroxyl groups is 1. The summed E-state index contributed by atoms with van der Waals surface area (Å²) in [5.41, 5.74) is 0.584. The van der Waals surface area contributed by atoms with Gasteiger partial charge in [0.15, 0.2) is 17.2 Å². The first-order chi connectivity index (χ1) is 15.2. The van der Waals surface area contributed by atoms with Crippen LogP contribution in [0.25, 0.3) is 0 Å². The molecule has 2 aliphatic heterocycles. The molecule has 4 atom stereocenters. The molecule has 0 aliphatic carbocycles. The van der Waals surface area contributed by atoms with E-state index in [9.17, 15) is 9.50 Å². The zero-order valence-electron chi connectivity index (χ0n) is 17.7. The molecule has 0 saturated carbocycles. The number of rotatable bonds is 6. The van der Waals surface area contributed by atoms with E-state index < -0.39 is 30.4 Å². The number of nitrogens with zero attached hydrogens (tertiary/aromatic N) is 2. The third-order valence-corrected chi connectivity index (χ3v) is 6.20. The molecule has 0 bridgehead atoms. The van der Waals surface area contributed by atoms with Crippen molar-refractivity contribution in [3.05, 3.63) is 58.4 Å². The summed E-state index contributed by atoms with van der Waals surface area (Å²) >= 11 is 8.98. The van der Waals surface area contributed by atoms with Gasteiger partial charge in [-0.3, -0.25) is 0 Å². The van der Waals surface area contributed by atoms with Crippen LogP contribution in [0.3, 0.4) is 0 Å². The maximum absolute atomic E-state index is 14.1. The number of ether oxygens (including phenoxy) is 3. The Morgan fingerprint density at radius 3 is 2.75 bits per heavy atom. The predicted octanol–water partition coefficient (Wildman–Crippen LogP) is 3.46. The summed E-state index contributed by atoms with van der Waals surface area (Å²) < 4.78 is 32.4. The van der Waals surface area contributed by atoms with Gasteiger partial charge in [0.05, 0.1) is 0 Å². The number of pyridine rings is 1. The first-order valence-corrected chi connectivity index (χ1v) is 11.5. The lowest BCUT2D eigenvalue weighted by Crippen LogP contribution is -2.46. The molecule has 3 heterocycles. The third-order valence-electron chi connectivity index (χ3n) is 5.37. The highest BCUT2D eigenvalue weighted by Crippen LogP contribution is 2.37. The van der Waals surface area contributed by atoms with Crippen LogP contribution >= 0.6 is 28.1 Å². The van der Waals surface area contributed by atoms with Crippen molar-refractivity contribution in [3.63, 3.8) is 0 Å². The Hall–Kier alpha value is -1.69. The van der Waals surface area contributed by atoms with Crippen molar-refractivity contribution in [2.45, 2.75) is 50.7 Å². The molecule has 0 radical (unpaired) electrons. The van der Waals surface area contributed by atoms with Crippen molar-refractivity contribution in [1.82, 2.24) is 9.88 Å². The molecule has 1 aromatic heterocycles. The van der Waals surface area contributed by atoms with Crippen LogP contribution in [0.1, 0.15) is 19.4 Å². The minimum Gasteiger partial charge on any atom is -0.387 e. The second-order valence-electron chi connectivity index (χ2n) is 8.21. The topological polar surface area (TPSA) is 76.1 Å². The molecule has 32 heavy (non-hydrogen) atoms. The van der Waals surface area contributed by atoms with E-state index in [0.717, 1.165) is 4.47 Å². The van der Waals surface area contributed by atoms with Crippen LogP contribution in [0.2, 0.25) is 0 Å². The number of hydrogen-bond donors (Lipinski definition) is 2. The van der Waals surface area contributed by atoms with E-state index in [0.29, 0.717) is 29.5 Å². The molecule has 172 valence electrons. The van der Waals surface area contributed by atoms with Crippen LogP contribution in [0.15, 0.2) is 47.1 Å². The smallest absolute Gasteiger partial charge is 0.190 e. The van der Waals surface area contributed by atoms with Crippen molar-refractivity contribution in [3.8, 4) is 0 Å². The highest BCUT2D eigenvalue weighted by molar-refractivity contribution is 9.10. The number of benzene rings is 1. The van der Waals surface area contributed by atoms with Gasteiger partial charge >= 0.3 is 0 Å². The Labute approximate surface area is 200 Å². The molecule has 2 fully saturated rings. The van der Waals surface area contributed by atoms with E-state index in [1.54, 1.807) is 44.3 Å². The Kier molecular flexibility index (Phi) is 7.09. The van der Waals surface area contributed by atoms with Crippen LogP contribution in [0, 0.1) is 5.82 Å². The second-order valence-corrected chi connectivity index (χ2v) is 9.52. The molecule has 1 aromatic carbocycles. The fourth-order valence-electron chi connectivity index (χ4n) is 3.80. The van der Waals surface area contributed by atoms with Crippen LogP contribution in [-0.4, -0.2) is 63.6 Å². The standard InChI is InChI=1S/C22H25BrFN3O4S/c1-22(2)30-19-18(28)16(29-20(19)31-22)12-27(10-9-13-5-3-4-6-15(13)24)21(32)26-17-8-7-14(23)11-25-17/h3-8,11,16,18-20,28H,9-10,12H2,1-2H3,(H,25,26,32)/t16-,18+,19-,20-/m1/s1. The predicted molar refractivity (Wildman–Crippen MR) is 125 cm³/mol. The number of thiocarbonyl (C=S) groups is 1. The number of halogens is 2. The highest BCUT2D eigenvalue weighted by atomic mass is 79.9. The van der Waals surface area contributed by atoms with Gasteiger partial charge in [0.2, 0.25) is 0 Å². The summed E-state index contributed by atoms with van der Waals surface area (Å²) in [6, 6.07) is 10.3. The molecule has 2 aromatic rings. The van der Waals surface area contributed by atoms with E-state index >= 15 is 0 Å². The molecule has 2 aliphatic rings. The molecule has 2 saturated heterocycles. The van der Waals surface area contributed by atoms with Crippen LogP contribution < -0.4 is 5.32 Å². The Morgan fingerprint density at radius 2 is 2.06 bits per heavy atom. The van der Waals surface area contributed by atoms with Gasteiger partial charge in [0.1, 0.15) is 29.9 Å². The number of hydrogen-bond acceptors (Lipinski definition) is 6. The van der Waals surface area contributed by atoms with Gasteiger partial charge in [-0.15, -0.1) is 0 Å². The minimum absolute atomic E-state index is 0.267. The van der Waals surface area contributed by atoms with Gasteiger partial charge in [-0.25, -0.2) is 9.37 Å². The van der Waals surface area contributed by atoms with E-state index in [4.69, 9.17) is 26.4 Å². The largest absolute Gasteiger partial charge is 0.387 e. The SMILES string of the molecule is CC1(C)O[C@H]2O[C@H](CN(CCc3ccccc3F)C(=S)Nc3ccc(Br)cn3)[C@H](O)[C@H]2O1. The van der Waals surface area contributed by atoms with Crippen molar-refractivity contribution in [2.75, 3.05) is 18.4 Å². The van der Waals surface area contributed by atoms with Crippen molar-refractivity contribution in [2.24, 2.45) is 0 Å². The fraction of sp³-hybridized carbons (Fsp3) is 0.455. The normalized spacial score (nSPS) is 26.0. The summed E-state index contributed by atoms with van der Waals surface area (Å²) in [5.74, 6) is -0.500. The van der Waals surface area contributed by atoms with E-state index in [-0.39, 0.29) is 12.4 Å². The molecule has 7 nitrogen and oxygen atoms in total. The van der Waals surface area contributed by atoms with Crippen LogP contribution in [-0.2, 0) is 20.6 Å². The lowest BCUT2D eigenvalue weighted by Gasteiger charge is -2.30. The van der Waals surface area contributed by atoms with Gasteiger partial charge in [-0.2, -0.15) is 0 Å². The molecule has 2 N–H and O–H groups in total. The molecule has 0 spiro atoms. The van der Waals surface area contributed by atoms with Gasteiger partial charge in [-0.05, 0) is 72.2 Å². The summed E-state index contributed by atoms with van der Waals surface area (Å²) in [5, 5.41) is 14.3. The average molecular weight is 526 g/mol. The molecule has 10 heteroatoms. The molecular weight excluding hydrogens is 501 g/mol. The minimum atomic E-state index is -0.883. The Balaban J connectivity index is 1.46. The number of anilines is 1. The van der Waals surface area contributed by atoms with Crippen molar-refractivity contribution >= 4 is 39.1 Å². The fourth-order valence-corrected chi connectivity index (χ4v) is 4.30. The summed E-state index contributed by atoms with van der Waals surface area (Å²) in [6.45, 7) is 4.25. The van der Waals surface area contributed by atoms with E-state index in [1.165, 1.54) is 6.07 Å². The van der Waals surface area contributed by atoms with Crippen molar-refractivity contribution in [1.29, 1.82) is 0 Å². The number of aliphatic hydroxyl groups excluding tert-OH is 1. The molecular formula is C22H25BrFN3O4S. The third kappa shape index (κ3) is 5.44. The lowest BCUT2D eigenvalue weighted by molar-refractivity contribution is -0.215. The van der Waals surface area contributed by atoms with Gasteiger partial charge in [0.25, 0.3) is 0 Å². The van der Waals surface area contributed by atoms with Crippen LogP contribution in [0.4, 0.5) is 10.2 Å². The van der Waals surface area contributed by atoms with Crippen LogP contribution in [0.5, 0.6) is 0 Å².